The maximum atomic E-state index is 12.9. The first-order valence-electron chi connectivity index (χ1n) is 7.73. The van der Waals surface area contributed by atoms with Crippen molar-refractivity contribution in [1.82, 2.24) is 9.62 Å². The van der Waals surface area contributed by atoms with E-state index in [9.17, 15) is 8.42 Å². The van der Waals surface area contributed by atoms with Gasteiger partial charge in [0.25, 0.3) is 0 Å². The summed E-state index contributed by atoms with van der Waals surface area (Å²) in [4.78, 5) is 0. The fourth-order valence-electron chi connectivity index (χ4n) is 3.28. The van der Waals surface area contributed by atoms with Gasteiger partial charge in [-0.15, -0.1) is 0 Å². The summed E-state index contributed by atoms with van der Waals surface area (Å²) >= 11 is 0. The quantitative estimate of drug-likeness (QED) is 0.841. The van der Waals surface area contributed by atoms with Gasteiger partial charge in [-0.05, 0) is 38.1 Å². The van der Waals surface area contributed by atoms with E-state index in [2.05, 4.69) is 19.2 Å². The molecular formula is C14H28N2O2S. The Labute approximate surface area is 118 Å². The number of nitrogens with one attached hydrogen (secondary N) is 1. The van der Waals surface area contributed by atoms with E-state index in [1.54, 1.807) is 0 Å². The van der Waals surface area contributed by atoms with Crippen LogP contribution in [0.1, 0.15) is 52.4 Å². The molecule has 1 atom stereocenters. The van der Waals surface area contributed by atoms with E-state index in [0.29, 0.717) is 19.0 Å². The third-order valence-electron chi connectivity index (χ3n) is 4.28. The highest BCUT2D eigenvalue weighted by atomic mass is 32.2. The average molecular weight is 288 g/mol. The molecule has 0 aromatic heterocycles. The molecule has 5 heteroatoms. The number of piperidine rings is 1. The van der Waals surface area contributed by atoms with Crippen molar-refractivity contribution in [3.05, 3.63) is 0 Å². The SMILES string of the molecule is CC(C)CN(C1CCCC1)S(=O)(=O)C1CCCNC1. The van der Waals surface area contributed by atoms with E-state index in [0.717, 1.165) is 32.2 Å². The molecule has 1 aliphatic heterocycles. The third kappa shape index (κ3) is 3.70. The smallest absolute Gasteiger partial charge is 0.218 e. The van der Waals surface area contributed by atoms with Crippen molar-refractivity contribution in [3.63, 3.8) is 0 Å². The fourth-order valence-corrected chi connectivity index (χ4v) is 5.59. The summed E-state index contributed by atoms with van der Waals surface area (Å²) in [7, 11) is -3.13. The molecule has 1 saturated carbocycles. The predicted molar refractivity (Wildman–Crippen MR) is 78.6 cm³/mol. The maximum absolute atomic E-state index is 12.9. The molecule has 1 N–H and O–H groups in total. The van der Waals surface area contributed by atoms with E-state index in [1.165, 1.54) is 12.8 Å². The predicted octanol–water partition coefficient (Wildman–Crippen LogP) is 1.97. The molecule has 4 nitrogen and oxygen atoms in total. The highest BCUT2D eigenvalue weighted by molar-refractivity contribution is 7.89. The van der Waals surface area contributed by atoms with Gasteiger partial charge in [-0.2, -0.15) is 4.31 Å². The fraction of sp³-hybridized carbons (Fsp3) is 1.00. The monoisotopic (exact) mass is 288 g/mol. The van der Waals surface area contributed by atoms with Crippen LogP contribution in [0, 0.1) is 5.92 Å². The highest BCUT2D eigenvalue weighted by Gasteiger charge is 2.38. The van der Waals surface area contributed by atoms with Crippen LogP contribution in [0.15, 0.2) is 0 Å². The van der Waals surface area contributed by atoms with E-state index in [-0.39, 0.29) is 11.3 Å². The molecule has 112 valence electrons. The minimum atomic E-state index is -3.13. The Balaban J connectivity index is 2.14. The van der Waals surface area contributed by atoms with Crippen molar-refractivity contribution >= 4 is 10.0 Å². The van der Waals surface area contributed by atoms with Crippen LogP contribution in [0.2, 0.25) is 0 Å². The maximum Gasteiger partial charge on any atom is 0.218 e. The van der Waals surface area contributed by atoms with E-state index in [4.69, 9.17) is 0 Å². The Morgan fingerprint density at radius 3 is 2.37 bits per heavy atom. The third-order valence-corrected chi connectivity index (χ3v) is 6.62. The standard InChI is InChI=1S/C14H28N2O2S/c1-12(2)11-16(13-6-3-4-7-13)19(17,18)14-8-5-9-15-10-14/h12-15H,3-11H2,1-2H3. The molecule has 1 saturated heterocycles. The van der Waals surface area contributed by atoms with Gasteiger partial charge in [0.15, 0.2) is 0 Å². The summed E-state index contributed by atoms with van der Waals surface area (Å²) < 4.78 is 27.6. The summed E-state index contributed by atoms with van der Waals surface area (Å²) in [5.41, 5.74) is 0. The second kappa shape index (κ2) is 6.55. The van der Waals surface area contributed by atoms with Gasteiger partial charge in [-0.3, -0.25) is 0 Å². The van der Waals surface area contributed by atoms with Crippen LogP contribution >= 0.6 is 0 Å². The van der Waals surface area contributed by atoms with Gasteiger partial charge in [0.05, 0.1) is 5.25 Å². The van der Waals surface area contributed by atoms with Gasteiger partial charge in [-0.1, -0.05) is 26.7 Å². The van der Waals surface area contributed by atoms with Crippen molar-refractivity contribution in [1.29, 1.82) is 0 Å². The first kappa shape index (κ1) is 15.3. The number of rotatable bonds is 5. The van der Waals surface area contributed by atoms with Crippen LogP contribution in [0.4, 0.5) is 0 Å². The zero-order valence-corrected chi connectivity index (χ0v) is 13.1. The number of nitrogens with zero attached hydrogens (tertiary/aromatic N) is 1. The Kier molecular flexibility index (Phi) is 5.26. The summed E-state index contributed by atoms with van der Waals surface area (Å²) in [5, 5.41) is 3.03. The minimum Gasteiger partial charge on any atom is -0.315 e. The Hall–Kier alpha value is -0.130. The van der Waals surface area contributed by atoms with Crippen LogP contribution in [-0.4, -0.2) is 43.6 Å². The van der Waals surface area contributed by atoms with Crippen LogP contribution in [0.5, 0.6) is 0 Å². The van der Waals surface area contributed by atoms with E-state index >= 15 is 0 Å². The van der Waals surface area contributed by atoms with Crippen LogP contribution in [0.25, 0.3) is 0 Å². The number of hydrogen-bond donors (Lipinski definition) is 1. The number of hydrogen-bond acceptors (Lipinski definition) is 3. The zero-order valence-electron chi connectivity index (χ0n) is 12.3. The number of sulfonamides is 1. The van der Waals surface area contributed by atoms with Crippen LogP contribution in [0.3, 0.4) is 0 Å². The zero-order chi connectivity index (χ0) is 13.9. The van der Waals surface area contributed by atoms with Crippen molar-refractivity contribution in [2.45, 2.75) is 63.7 Å². The molecule has 2 aliphatic rings. The first-order valence-corrected chi connectivity index (χ1v) is 9.23. The van der Waals surface area contributed by atoms with E-state index < -0.39 is 10.0 Å². The van der Waals surface area contributed by atoms with Gasteiger partial charge < -0.3 is 5.32 Å². The largest absolute Gasteiger partial charge is 0.315 e. The van der Waals surface area contributed by atoms with E-state index in [1.807, 2.05) is 4.31 Å². The second-order valence-corrected chi connectivity index (χ2v) is 8.58. The molecule has 0 aromatic rings. The molecule has 0 amide bonds. The molecule has 1 aliphatic carbocycles. The van der Waals surface area contributed by atoms with Gasteiger partial charge in [0.2, 0.25) is 10.0 Å². The average Bonchev–Trinajstić information content (AvgIpc) is 2.90. The summed E-state index contributed by atoms with van der Waals surface area (Å²) in [5.74, 6) is 0.395. The summed E-state index contributed by atoms with van der Waals surface area (Å²) in [6, 6.07) is 0.259. The van der Waals surface area contributed by atoms with Gasteiger partial charge in [-0.25, -0.2) is 8.42 Å². The minimum absolute atomic E-state index is 0.208. The molecule has 1 heterocycles. The van der Waals surface area contributed by atoms with Crippen molar-refractivity contribution in [2.75, 3.05) is 19.6 Å². The lowest BCUT2D eigenvalue weighted by molar-refractivity contribution is 0.286. The lowest BCUT2D eigenvalue weighted by atomic mass is 10.2. The van der Waals surface area contributed by atoms with Crippen molar-refractivity contribution in [3.8, 4) is 0 Å². The molecule has 2 rings (SSSR count). The molecule has 0 aromatic carbocycles. The van der Waals surface area contributed by atoms with Crippen molar-refractivity contribution in [2.24, 2.45) is 5.92 Å². The molecule has 2 fully saturated rings. The second-order valence-electron chi connectivity index (χ2n) is 6.42. The lowest BCUT2D eigenvalue weighted by Crippen LogP contribution is -2.50. The Morgan fingerprint density at radius 2 is 1.84 bits per heavy atom. The topological polar surface area (TPSA) is 49.4 Å². The molecular weight excluding hydrogens is 260 g/mol. The first-order chi connectivity index (χ1) is 9.01. The van der Waals surface area contributed by atoms with Gasteiger partial charge in [0.1, 0.15) is 0 Å². The summed E-state index contributed by atoms with van der Waals surface area (Å²) in [6.45, 7) is 6.49. The Bertz CT molecular complexity index is 369. The Morgan fingerprint density at radius 1 is 1.16 bits per heavy atom. The normalized spacial score (nSPS) is 26.4. The molecule has 0 bridgehead atoms. The highest BCUT2D eigenvalue weighted by Crippen LogP contribution is 2.29. The molecule has 19 heavy (non-hydrogen) atoms. The van der Waals surface area contributed by atoms with Gasteiger partial charge >= 0.3 is 0 Å². The molecule has 0 radical (unpaired) electrons. The molecule has 1 unspecified atom stereocenters. The van der Waals surface area contributed by atoms with Crippen LogP contribution in [-0.2, 0) is 10.0 Å². The molecule has 0 spiro atoms. The summed E-state index contributed by atoms with van der Waals surface area (Å²) in [6.07, 6.45) is 6.24. The van der Waals surface area contributed by atoms with Crippen molar-refractivity contribution < 1.29 is 8.42 Å². The lowest BCUT2D eigenvalue weighted by Gasteiger charge is -2.34. The van der Waals surface area contributed by atoms with Crippen LogP contribution < -0.4 is 5.32 Å². The van der Waals surface area contributed by atoms with Gasteiger partial charge in [0, 0.05) is 19.1 Å².